The van der Waals surface area contributed by atoms with Gasteiger partial charge in [-0.3, -0.25) is 0 Å². The van der Waals surface area contributed by atoms with E-state index in [2.05, 4.69) is 4.98 Å². The normalized spacial score (nSPS) is 10.4. The van der Waals surface area contributed by atoms with E-state index >= 15 is 0 Å². The van der Waals surface area contributed by atoms with E-state index in [0.717, 1.165) is 11.1 Å². The molecule has 0 unspecified atom stereocenters. The number of benzene rings is 1. The number of aryl methyl sites for hydroxylation is 2. The number of hydrogen-bond donors (Lipinski definition) is 1. The number of aromatic nitrogens is 2. The second kappa shape index (κ2) is 3.81. The van der Waals surface area contributed by atoms with Gasteiger partial charge in [0.25, 0.3) is 0 Å². The summed E-state index contributed by atoms with van der Waals surface area (Å²) in [5, 5.41) is 9.02. The summed E-state index contributed by atoms with van der Waals surface area (Å²) in [4.78, 5) is 14.9. The van der Waals surface area contributed by atoms with Crippen molar-refractivity contribution in [3.63, 3.8) is 0 Å². The van der Waals surface area contributed by atoms with Gasteiger partial charge >= 0.3 is 5.97 Å². The summed E-state index contributed by atoms with van der Waals surface area (Å²) in [5.74, 6) is -1.00. The zero-order chi connectivity index (χ0) is 11.7. The van der Waals surface area contributed by atoms with Crippen LogP contribution in [0.2, 0.25) is 0 Å². The van der Waals surface area contributed by atoms with Gasteiger partial charge in [-0.25, -0.2) is 9.78 Å². The van der Waals surface area contributed by atoms with E-state index in [4.69, 9.17) is 5.11 Å². The van der Waals surface area contributed by atoms with E-state index in [9.17, 15) is 4.79 Å². The predicted molar refractivity (Wildman–Crippen MR) is 60.3 cm³/mol. The fourth-order valence-corrected chi connectivity index (χ4v) is 1.64. The highest BCUT2D eigenvalue weighted by molar-refractivity contribution is 5.92. The maximum absolute atomic E-state index is 11.0. The number of carboxylic acid groups (broad SMARTS) is 1. The molecule has 0 amide bonds. The van der Waals surface area contributed by atoms with Crippen LogP contribution in [-0.2, 0) is 7.05 Å². The standard InChI is InChI=1S/C12H12N2O2/c1-8-3-5-9(6-4-8)11-10(12(15)16)13-7-14(11)2/h3-7H,1-2H3,(H,15,16). The molecule has 1 N–H and O–H groups in total. The maximum atomic E-state index is 11.0. The Hall–Kier alpha value is -2.10. The van der Waals surface area contributed by atoms with Crippen LogP contribution in [0.3, 0.4) is 0 Å². The molecule has 0 spiro atoms. The average Bonchev–Trinajstić information content (AvgIpc) is 2.62. The molecule has 0 aliphatic rings. The molecule has 2 rings (SSSR count). The van der Waals surface area contributed by atoms with Gasteiger partial charge in [-0.15, -0.1) is 0 Å². The van der Waals surface area contributed by atoms with Gasteiger partial charge < -0.3 is 9.67 Å². The molecule has 4 nitrogen and oxygen atoms in total. The molecule has 0 fully saturated rings. The molecule has 0 saturated carbocycles. The Kier molecular flexibility index (Phi) is 2.48. The summed E-state index contributed by atoms with van der Waals surface area (Å²) in [6.07, 6.45) is 1.51. The summed E-state index contributed by atoms with van der Waals surface area (Å²) < 4.78 is 1.72. The summed E-state index contributed by atoms with van der Waals surface area (Å²) >= 11 is 0. The first-order chi connectivity index (χ1) is 7.59. The second-order valence-corrected chi connectivity index (χ2v) is 3.72. The molecule has 0 aliphatic carbocycles. The lowest BCUT2D eigenvalue weighted by Gasteiger charge is -2.04. The van der Waals surface area contributed by atoms with Gasteiger partial charge in [0.1, 0.15) is 0 Å². The van der Waals surface area contributed by atoms with Crippen LogP contribution >= 0.6 is 0 Å². The van der Waals surface area contributed by atoms with Crippen LogP contribution in [0.1, 0.15) is 16.1 Å². The minimum atomic E-state index is -1.00. The number of imidazole rings is 1. The van der Waals surface area contributed by atoms with Crippen LogP contribution in [0.5, 0.6) is 0 Å². The first kappa shape index (κ1) is 10.4. The molecule has 0 bridgehead atoms. The van der Waals surface area contributed by atoms with E-state index < -0.39 is 5.97 Å². The van der Waals surface area contributed by atoms with Crippen molar-refractivity contribution in [2.75, 3.05) is 0 Å². The van der Waals surface area contributed by atoms with Crippen LogP contribution in [0, 0.1) is 6.92 Å². The number of rotatable bonds is 2. The topological polar surface area (TPSA) is 55.1 Å². The first-order valence-corrected chi connectivity index (χ1v) is 4.91. The minimum Gasteiger partial charge on any atom is -0.476 e. The van der Waals surface area contributed by atoms with Gasteiger partial charge in [-0.2, -0.15) is 0 Å². The van der Waals surface area contributed by atoms with E-state index in [1.165, 1.54) is 6.33 Å². The molecule has 0 saturated heterocycles. The number of carbonyl (C=O) groups is 1. The SMILES string of the molecule is Cc1ccc(-c2c(C(=O)O)ncn2C)cc1. The smallest absolute Gasteiger partial charge is 0.356 e. The lowest BCUT2D eigenvalue weighted by molar-refractivity contribution is 0.0692. The molecular weight excluding hydrogens is 204 g/mol. The second-order valence-electron chi connectivity index (χ2n) is 3.72. The quantitative estimate of drug-likeness (QED) is 0.836. The Bertz CT molecular complexity index is 526. The van der Waals surface area contributed by atoms with E-state index in [1.807, 2.05) is 31.2 Å². The van der Waals surface area contributed by atoms with Crippen molar-refractivity contribution in [2.45, 2.75) is 6.92 Å². The molecule has 1 aromatic carbocycles. The molecular formula is C12H12N2O2. The summed E-state index contributed by atoms with van der Waals surface area (Å²) in [5.41, 5.74) is 2.73. The monoisotopic (exact) mass is 216 g/mol. The fourth-order valence-electron chi connectivity index (χ4n) is 1.64. The lowest BCUT2D eigenvalue weighted by Crippen LogP contribution is -2.01. The number of hydrogen-bond acceptors (Lipinski definition) is 2. The fraction of sp³-hybridized carbons (Fsp3) is 0.167. The molecule has 4 heteroatoms. The van der Waals surface area contributed by atoms with Crippen molar-refractivity contribution in [3.05, 3.63) is 41.9 Å². The highest BCUT2D eigenvalue weighted by Crippen LogP contribution is 2.22. The van der Waals surface area contributed by atoms with Gasteiger partial charge in [-0.1, -0.05) is 29.8 Å². The minimum absolute atomic E-state index is 0.0892. The van der Waals surface area contributed by atoms with Crippen LogP contribution < -0.4 is 0 Å². The highest BCUT2D eigenvalue weighted by atomic mass is 16.4. The first-order valence-electron chi connectivity index (χ1n) is 4.91. The highest BCUT2D eigenvalue weighted by Gasteiger charge is 2.16. The summed E-state index contributed by atoms with van der Waals surface area (Å²) in [6.45, 7) is 1.99. The summed E-state index contributed by atoms with van der Waals surface area (Å²) in [6, 6.07) is 7.71. The number of nitrogens with zero attached hydrogens (tertiary/aromatic N) is 2. The number of aromatic carboxylic acids is 1. The Morgan fingerprint density at radius 3 is 2.50 bits per heavy atom. The molecule has 1 aromatic heterocycles. The van der Waals surface area contributed by atoms with Crippen molar-refractivity contribution in [1.29, 1.82) is 0 Å². The largest absolute Gasteiger partial charge is 0.476 e. The zero-order valence-corrected chi connectivity index (χ0v) is 9.14. The van der Waals surface area contributed by atoms with Crippen molar-refractivity contribution >= 4 is 5.97 Å². The van der Waals surface area contributed by atoms with Crippen LogP contribution in [-0.4, -0.2) is 20.6 Å². The van der Waals surface area contributed by atoms with Crippen LogP contribution in [0.15, 0.2) is 30.6 Å². The van der Waals surface area contributed by atoms with Crippen LogP contribution in [0.4, 0.5) is 0 Å². The Morgan fingerprint density at radius 2 is 1.94 bits per heavy atom. The van der Waals surface area contributed by atoms with Crippen molar-refractivity contribution in [3.8, 4) is 11.3 Å². The Labute approximate surface area is 93.2 Å². The molecule has 0 radical (unpaired) electrons. The van der Waals surface area contributed by atoms with E-state index in [1.54, 1.807) is 11.6 Å². The van der Waals surface area contributed by atoms with E-state index in [0.29, 0.717) is 5.69 Å². The zero-order valence-electron chi connectivity index (χ0n) is 9.14. The van der Waals surface area contributed by atoms with Crippen molar-refractivity contribution in [2.24, 2.45) is 7.05 Å². The molecule has 82 valence electrons. The van der Waals surface area contributed by atoms with E-state index in [-0.39, 0.29) is 5.69 Å². The Balaban J connectivity index is 2.58. The molecule has 0 atom stereocenters. The molecule has 1 heterocycles. The van der Waals surface area contributed by atoms with Gasteiger partial charge in [-0.05, 0) is 6.92 Å². The molecule has 16 heavy (non-hydrogen) atoms. The van der Waals surface area contributed by atoms with Crippen molar-refractivity contribution in [1.82, 2.24) is 9.55 Å². The molecule has 0 aliphatic heterocycles. The lowest BCUT2D eigenvalue weighted by atomic mass is 10.1. The van der Waals surface area contributed by atoms with Gasteiger partial charge in [0.15, 0.2) is 5.69 Å². The summed E-state index contributed by atoms with van der Waals surface area (Å²) in [7, 11) is 1.79. The van der Waals surface area contributed by atoms with Crippen molar-refractivity contribution < 1.29 is 9.90 Å². The number of carboxylic acids is 1. The third-order valence-electron chi connectivity index (χ3n) is 2.46. The third kappa shape index (κ3) is 1.69. The predicted octanol–water partition coefficient (Wildman–Crippen LogP) is 2.09. The average molecular weight is 216 g/mol. The maximum Gasteiger partial charge on any atom is 0.356 e. The van der Waals surface area contributed by atoms with Gasteiger partial charge in [0.2, 0.25) is 0 Å². The third-order valence-corrected chi connectivity index (χ3v) is 2.46. The van der Waals surface area contributed by atoms with Crippen LogP contribution in [0.25, 0.3) is 11.3 Å². The van der Waals surface area contributed by atoms with Gasteiger partial charge in [0.05, 0.1) is 12.0 Å². The Morgan fingerprint density at radius 1 is 1.31 bits per heavy atom. The van der Waals surface area contributed by atoms with Gasteiger partial charge in [0, 0.05) is 12.6 Å². The molecule has 2 aromatic rings.